The number of rotatable bonds is 11. The summed E-state index contributed by atoms with van der Waals surface area (Å²) in [6.45, 7) is 11.8. The van der Waals surface area contributed by atoms with Crippen molar-refractivity contribution in [1.29, 1.82) is 0 Å². The number of hydrogen-bond donors (Lipinski definition) is 2. The number of ether oxygens (including phenoxy) is 2. The highest BCUT2D eigenvalue weighted by molar-refractivity contribution is 6.08. The van der Waals surface area contributed by atoms with Crippen molar-refractivity contribution in [3.05, 3.63) is 67.3 Å². The third kappa shape index (κ3) is 7.30. The summed E-state index contributed by atoms with van der Waals surface area (Å²) >= 11 is 0. The number of nitrogens with one attached hydrogen (secondary N) is 1. The lowest BCUT2D eigenvalue weighted by Gasteiger charge is -2.34. The number of benzene rings is 2. The van der Waals surface area contributed by atoms with Gasteiger partial charge in [0.05, 0.1) is 18.7 Å². The van der Waals surface area contributed by atoms with E-state index < -0.39 is 36.2 Å². The van der Waals surface area contributed by atoms with Crippen molar-refractivity contribution in [1.82, 2.24) is 15.2 Å². The first kappa shape index (κ1) is 32.0. The van der Waals surface area contributed by atoms with Crippen LogP contribution in [0.2, 0.25) is 0 Å². The molecule has 1 aromatic heterocycles. The van der Waals surface area contributed by atoms with E-state index in [9.17, 15) is 19.5 Å². The molecule has 1 aliphatic carbocycles. The van der Waals surface area contributed by atoms with E-state index in [1.54, 1.807) is 12.2 Å². The second-order valence-corrected chi connectivity index (χ2v) is 13.0. The molecular weight excluding hydrogens is 570 g/mol. The first-order valence-electron chi connectivity index (χ1n) is 15.8. The third-order valence-corrected chi connectivity index (χ3v) is 8.99. The SMILES string of the molecule is C=CCC(C)(C)COC(=O)N[C@H](C(=O)N1C[C@H](Oc2nc3ccccc3c3ccc(C=C)cc23)C[C@H]1C(=O)O)C1CCCCC1. The molecule has 9 nitrogen and oxygen atoms in total. The standard InChI is InChI=1S/C36H43N3O6/c1-5-18-36(3,4)22-44-35(43)38-31(24-12-8-7-9-13-24)33(40)39-21-25(20-30(39)34(41)42)45-32-28-19-23(6-2)16-17-26(28)27-14-10-11-15-29(27)37-32/h5-6,10-11,14-17,19,24-25,30-31H,1-2,7-9,12-13,18,20-22H2,3-4H3,(H,38,43)(H,41,42)/t25-,30+,31+/m1/s1. The lowest BCUT2D eigenvalue weighted by Crippen LogP contribution is -2.55. The van der Waals surface area contributed by atoms with Crippen LogP contribution in [-0.2, 0) is 14.3 Å². The fourth-order valence-corrected chi connectivity index (χ4v) is 6.58. The fraction of sp³-hybridized carbons (Fsp3) is 0.444. The number of carboxylic acids is 1. The van der Waals surface area contributed by atoms with Crippen molar-refractivity contribution in [3.8, 4) is 5.88 Å². The van der Waals surface area contributed by atoms with E-state index in [0.29, 0.717) is 12.3 Å². The molecule has 1 saturated carbocycles. The van der Waals surface area contributed by atoms with Gasteiger partial charge in [-0.2, -0.15) is 0 Å². The van der Waals surface area contributed by atoms with Crippen LogP contribution in [0.25, 0.3) is 27.8 Å². The van der Waals surface area contributed by atoms with Gasteiger partial charge >= 0.3 is 12.1 Å². The zero-order valence-electron chi connectivity index (χ0n) is 26.2. The van der Waals surface area contributed by atoms with Gasteiger partial charge in [0.15, 0.2) is 0 Å². The molecule has 9 heteroatoms. The Morgan fingerprint density at radius 1 is 1.09 bits per heavy atom. The molecule has 2 heterocycles. The molecule has 2 fully saturated rings. The maximum absolute atomic E-state index is 14.2. The molecule has 0 radical (unpaired) electrons. The normalized spacial score (nSPS) is 19.6. The number of hydrogen-bond acceptors (Lipinski definition) is 6. The average molecular weight is 614 g/mol. The number of carbonyl (C=O) groups is 3. The van der Waals surface area contributed by atoms with Gasteiger partial charge in [-0.05, 0) is 48.3 Å². The summed E-state index contributed by atoms with van der Waals surface area (Å²) in [5, 5.41) is 15.7. The monoisotopic (exact) mass is 613 g/mol. The second kappa shape index (κ2) is 13.7. The van der Waals surface area contributed by atoms with Crippen molar-refractivity contribution < 1.29 is 29.0 Å². The zero-order valence-corrected chi connectivity index (χ0v) is 26.2. The van der Waals surface area contributed by atoms with Crippen LogP contribution in [0.5, 0.6) is 5.88 Å². The van der Waals surface area contributed by atoms with Gasteiger partial charge in [-0.15, -0.1) is 6.58 Å². The Labute approximate surface area is 264 Å². The highest BCUT2D eigenvalue weighted by atomic mass is 16.5. The van der Waals surface area contributed by atoms with E-state index in [1.165, 1.54) is 4.90 Å². The number of carboxylic acid groups (broad SMARTS) is 1. The van der Waals surface area contributed by atoms with Crippen LogP contribution < -0.4 is 10.1 Å². The highest BCUT2D eigenvalue weighted by Crippen LogP contribution is 2.35. The smallest absolute Gasteiger partial charge is 0.407 e. The first-order valence-corrected chi connectivity index (χ1v) is 15.8. The molecule has 45 heavy (non-hydrogen) atoms. The number of fused-ring (bicyclic) bond motifs is 3. The molecule has 3 aromatic rings. The number of allylic oxidation sites excluding steroid dienone is 1. The summed E-state index contributed by atoms with van der Waals surface area (Å²) in [7, 11) is 0. The minimum Gasteiger partial charge on any atom is -0.480 e. The number of aliphatic carboxylic acids is 1. The van der Waals surface area contributed by atoms with E-state index in [2.05, 4.69) is 18.5 Å². The molecule has 2 N–H and O–H groups in total. The van der Waals surface area contributed by atoms with Crippen LogP contribution in [0, 0.1) is 11.3 Å². The predicted molar refractivity (Wildman–Crippen MR) is 175 cm³/mol. The highest BCUT2D eigenvalue weighted by Gasteiger charge is 2.45. The average Bonchev–Trinajstić information content (AvgIpc) is 3.47. The van der Waals surface area contributed by atoms with Crippen LogP contribution in [-0.4, -0.2) is 64.3 Å². The van der Waals surface area contributed by atoms with Gasteiger partial charge in [0.25, 0.3) is 0 Å². The van der Waals surface area contributed by atoms with Gasteiger partial charge in [-0.25, -0.2) is 14.6 Å². The van der Waals surface area contributed by atoms with Crippen LogP contribution in [0.1, 0.15) is 64.4 Å². The van der Waals surface area contributed by atoms with E-state index in [4.69, 9.17) is 14.5 Å². The molecule has 0 bridgehead atoms. The van der Waals surface area contributed by atoms with Crippen molar-refractivity contribution in [2.75, 3.05) is 13.2 Å². The third-order valence-electron chi connectivity index (χ3n) is 8.99. The van der Waals surface area contributed by atoms with Crippen LogP contribution in [0.15, 0.2) is 61.7 Å². The zero-order chi connectivity index (χ0) is 32.1. The van der Waals surface area contributed by atoms with E-state index in [0.717, 1.165) is 59.3 Å². The van der Waals surface area contributed by atoms with Gasteiger partial charge in [0.1, 0.15) is 18.2 Å². The molecule has 2 aromatic carbocycles. The Kier molecular flexibility index (Phi) is 9.75. The summed E-state index contributed by atoms with van der Waals surface area (Å²) in [6, 6.07) is 11.7. The Hall–Kier alpha value is -4.40. The molecule has 2 aliphatic rings. The number of amides is 2. The second-order valence-electron chi connectivity index (χ2n) is 13.0. The molecule has 0 spiro atoms. The van der Waals surface area contributed by atoms with Gasteiger partial charge in [0, 0.05) is 22.6 Å². The number of aromatic nitrogens is 1. The number of pyridine rings is 1. The van der Waals surface area contributed by atoms with Crippen molar-refractivity contribution in [3.63, 3.8) is 0 Å². The van der Waals surface area contributed by atoms with E-state index >= 15 is 0 Å². The summed E-state index contributed by atoms with van der Waals surface area (Å²) < 4.78 is 12.0. The van der Waals surface area contributed by atoms with Crippen molar-refractivity contribution in [2.45, 2.75) is 77.0 Å². The quantitative estimate of drug-likeness (QED) is 0.182. The Morgan fingerprint density at radius 3 is 2.56 bits per heavy atom. The molecule has 1 aliphatic heterocycles. The minimum absolute atomic E-state index is 0.0548. The van der Waals surface area contributed by atoms with Crippen LogP contribution >= 0.6 is 0 Å². The van der Waals surface area contributed by atoms with Gasteiger partial charge < -0.3 is 24.8 Å². The summed E-state index contributed by atoms with van der Waals surface area (Å²) in [6.07, 6.45) is 7.48. The van der Waals surface area contributed by atoms with E-state index in [-0.39, 0.29) is 30.9 Å². The van der Waals surface area contributed by atoms with Gasteiger partial charge in [-0.1, -0.05) is 82.2 Å². The predicted octanol–water partition coefficient (Wildman–Crippen LogP) is 6.74. The molecule has 5 rings (SSSR count). The first-order chi connectivity index (χ1) is 21.6. The molecular formula is C36H43N3O6. The fourth-order valence-electron chi connectivity index (χ4n) is 6.58. The Bertz CT molecular complexity index is 1590. The molecule has 2 amide bonds. The lowest BCUT2D eigenvalue weighted by molar-refractivity contribution is -0.149. The Morgan fingerprint density at radius 2 is 1.84 bits per heavy atom. The van der Waals surface area contributed by atoms with Crippen LogP contribution in [0.4, 0.5) is 4.79 Å². The minimum atomic E-state index is -1.11. The molecule has 1 saturated heterocycles. The summed E-state index contributed by atoms with van der Waals surface area (Å²) in [5.74, 6) is -1.27. The number of alkyl carbamates (subject to hydrolysis) is 1. The van der Waals surface area contributed by atoms with E-state index in [1.807, 2.05) is 56.3 Å². The van der Waals surface area contributed by atoms with Gasteiger partial charge in [0.2, 0.25) is 11.8 Å². The lowest BCUT2D eigenvalue weighted by atomic mass is 9.83. The number of para-hydroxylation sites is 1. The molecule has 238 valence electrons. The molecule has 0 unspecified atom stereocenters. The Balaban J connectivity index is 1.39. The molecule has 3 atom stereocenters. The number of carbonyl (C=O) groups excluding carboxylic acids is 2. The summed E-state index contributed by atoms with van der Waals surface area (Å²) in [4.78, 5) is 45.8. The maximum atomic E-state index is 14.2. The summed E-state index contributed by atoms with van der Waals surface area (Å²) in [5.41, 5.74) is 1.35. The van der Waals surface area contributed by atoms with Crippen molar-refractivity contribution in [2.24, 2.45) is 11.3 Å². The van der Waals surface area contributed by atoms with Crippen molar-refractivity contribution >= 4 is 45.7 Å². The van der Waals surface area contributed by atoms with Crippen LogP contribution in [0.3, 0.4) is 0 Å². The number of likely N-dealkylation sites (tertiary alicyclic amines) is 1. The topological polar surface area (TPSA) is 118 Å². The largest absolute Gasteiger partial charge is 0.480 e. The number of nitrogens with zero attached hydrogens (tertiary/aromatic N) is 2. The van der Waals surface area contributed by atoms with Gasteiger partial charge in [-0.3, -0.25) is 4.79 Å². The maximum Gasteiger partial charge on any atom is 0.407 e.